The average Bonchev–Trinajstić information content (AvgIpc) is 2.51. The number of hydrazine groups is 1. The lowest BCUT2D eigenvalue weighted by Crippen LogP contribution is -2.69. The largest absolute Gasteiger partial charge is 0.444 e. The van der Waals surface area contributed by atoms with E-state index < -0.39 is 17.1 Å². The van der Waals surface area contributed by atoms with Crippen LogP contribution in [0.4, 0.5) is 10.5 Å². The smallest absolute Gasteiger partial charge is 0.408 e. The second kappa shape index (κ2) is 6.02. The fraction of sp³-hybridized carbons (Fsp3) is 0.579. The van der Waals surface area contributed by atoms with Crippen LogP contribution in [0.2, 0.25) is 0 Å². The summed E-state index contributed by atoms with van der Waals surface area (Å²) in [7, 11) is 0. The van der Waals surface area contributed by atoms with Crippen LogP contribution in [0.1, 0.15) is 52.9 Å². The Labute approximate surface area is 148 Å². The van der Waals surface area contributed by atoms with Crippen molar-refractivity contribution >= 4 is 17.7 Å². The lowest BCUT2D eigenvalue weighted by atomic mass is 9.49. The van der Waals surface area contributed by atoms with Gasteiger partial charge < -0.3 is 10.1 Å². The van der Waals surface area contributed by atoms with Crippen molar-refractivity contribution in [2.75, 3.05) is 5.01 Å². The molecule has 0 saturated heterocycles. The number of rotatable bonds is 3. The number of anilines is 1. The second-order valence-electron chi connectivity index (χ2n) is 8.41. The van der Waals surface area contributed by atoms with Gasteiger partial charge in [-0.25, -0.2) is 15.6 Å². The number of ether oxygens (including phenoxy) is 1. The van der Waals surface area contributed by atoms with E-state index in [1.54, 1.807) is 0 Å². The summed E-state index contributed by atoms with van der Waals surface area (Å²) in [6, 6.07) is 9.25. The van der Waals surface area contributed by atoms with Gasteiger partial charge in [-0.1, -0.05) is 24.6 Å². The summed E-state index contributed by atoms with van der Waals surface area (Å²) in [6.45, 7) is 5.52. The van der Waals surface area contributed by atoms with Crippen LogP contribution in [-0.4, -0.2) is 23.1 Å². The number of nitrogens with one attached hydrogen (secondary N) is 1. The highest BCUT2D eigenvalue weighted by atomic mass is 16.6. The molecule has 25 heavy (non-hydrogen) atoms. The zero-order chi connectivity index (χ0) is 18.3. The molecule has 1 aromatic carbocycles. The van der Waals surface area contributed by atoms with Crippen molar-refractivity contribution in [2.45, 2.75) is 64.0 Å². The first-order valence-corrected chi connectivity index (χ1v) is 8.80. The third-order valence-corrected chi connectivity index (χ3v) is 5.14. The number of carbonyl (C=O) groups excluding carboxylic acids is 2. The van der Waals surface area contributed by atoms with E-state index in [2.05, 4.69) is 5.32 Å². The van der Waals surface area contributed by atoms with E-state index in [0.717, 1.165) is 19.3 Å². The first-order valence-electron chi connectivity index (χ1n) is 8.80. The van der Waals surface area contributed by atoms with Crippen LogP contribution in [-0.2, 0) is 9.53 Å². The van der Waals surface area contributed by atoms with E-state index in [9.17, 15) is 9.59 Å². The third-order valence-electron chi connectivity index (χ3n) is 5.14. The Morgan fingerprint density at radius 3 is 2.40 bits per heavy atom. The monoisotopic (exact) mass is 345 g/mol. The minimum atomic E-state index is -0.534. The van der Waals surface area contributed by atoms with Gasteiger partial charge in [0.25, 0.3) is 0 Å². The number of hydrogen-bond donors (Lipinski definition) is 2. The fourth-order valence-corrected chi connectivity index (χ4v) is 4.25. The molecule has 3 fully saturated rings. The zero-order valence-electron chi connectivity index (χ0n) is 15.2. The Balaban J connectivity index is 1.67. The molecule has 0 spiro atoms. The summed E-state index contributed by atoms with van der Waals surface area (Å²) in [5.41, 5.74) is -0.663. The number of para-hydroxylation sites is 1. The summed E-state index contributed by atoms with van der Waals surface area (Å²) in [4.78, 5) is 25.1. The Morgan fingerprint density at radius 1 is 1.16 bits per heavy atom. The van der Waals surface area contributed by atoms with Crippen LogP contribution in [0.25, 0.3) is 0 Å². The maximum atomic E-state index is 13.0. The fourth-order valence-electron chi connectivity index (χ4n) is 4.25. The predicted octanol–water partition coefficient (Wildman–Crippen LogP) is 3.12. The summed E-state index contributed by atoms with van der Waals surface area (Å²) >= 11 is 0. The Bertz CT molecular complexity index is 660. The molecule has 6 heteroatoms. The molecule has 136 valence electrons. The van der Waals surface area contributed by atoms with E-state index in [4.69, 9.17) is 10.6 Å². The number of nitrogens with zero attached hydrogens (tertiary/aromatic N) is 1. The summed E-state index contributed by atoms with van der Waals surface area (Å²) in [5.74, 6) is 6.01. The van der Waals surface area contributed by atoms with E-state index >= 15 is 0 Å². The number of fused-ring (bicyclic) bond motifs is 2. The highest BCUT2D eigenvalue weighted by Gasteiger charge is 2.62. The van der Waals surface area contributed by atoms with Crippen molar-refractivity contribution < 1.29 is 14.3 Å². The number of amides is 2. The molecule has 0 aromatic heterocycles. The number of carbonyl (C=O) groups is 2. The first kappa shape index (κ1) is 17.7. The SMILES string of the molecule is CC(C)(C)OC(=O)NC12CCCC(C(=O)N(N)c3ccccc3)(C1)C2. The molecule has 0 aliphatic heterocycles. The lowest BCUT2D eigenvalue weighted by Gasteiger charge is -2.59. The lowest BCUT2D eigenvalue weighted by molar-refractivity contribution is -0.146. The summed E-state index contributed by atoms with van der Waals surface area (Å²) in [6.07, 6.45) is 3.41. The van der Waals surface area contributed by atoms with E-state index in [0.29, 0.717) is 18.5 Å². The molecule has 4 rings (SSSR count). The molecule has 2 bridgehead atoms. The number of hydrogen-bond acceptors (Lipinski definition) is 4. The Kier molecular flexibility index (Phi) is 4.27. The van der Waals surface area contributed by atoms with Gasteiger partial charge in [0, 0.05) is 5.54 Å². The molecule has 3 saturated carbocycles. The highest BCUT2D eigenvalue weighted by molar-refractivity contribution is 5.98. The van der Waals surface area contributed by atoms with Crippen LogP contribution < -0.4 is 16.2 Å². The molecule has 6 nitrogen and oxygen atoms in total. The van der Waals surface area contributed by atoms with Gasteiger partial charge in [-0.15, -0.1) is 0 Å². The predicted molar refractivity (Wildman–Crippen MR) is 95.7 cm³/mol. The van der Waals surface area contributed by atoms with Gasteiger partial charge >= 0.3 is 6.09 Å². The number of benzene rings is 1. The van der Waals surface area contributed by atoms with Gasteiger partial charge in [-0.05, 0) is 58.6 Å². The molecule has 1 aromatic rings. The maximum absolute atomic E-state index is 13.0. The van der Waals surface area contributed by atoms with Crippen molar-refractivity contribution in [3.05, 3.63) is 30.3 Å². The van der Waals surface area contributed by atoms with Crippen molar-refractivity contribution in [3.63, 3.8) is 0 Å². The summed E-state index contributed by atoms with van der Waals surface area (Å²) in [5, 5.41) is 4.26. The van der Waals surface area contributed by atoms with E-state index in [-0.39, 0.29) is 11.4 Å². The average molecular weight is 345 g/mol. The van der Waals surface area contributed by atoms with Crippen LogP contribution in [0.15, 0.2) is 30.3 Å². The second-order valence-corrected chi connectivity index (χ2v) is 8.41. The quantitative estimate of drug-likeness (QED) is 0.501. The number of nitrogens with two attached hydrogens (primary N) is 1. The van der Waals surface area contributed by atoms with Crippen molar-refractivity contribution in [2.24, 2.45) is 11.3 Å². The van der Waals surface area contributed by atoms with Crippen molar-refractivity contribution in [1.82, 2.24) is 5.32 Å². The Morgan fingerprint density at radius 2 is 1.80 bits per heavy atom. The molecule has 0 heterocycles. The molecule has 3 aliphatic rings. The van der Waals surface area contributed by atoms with Gasteiger partial charge in [0.15, 0.2) is 0 Å². The van der Waals surface area contributed by atoms with E-state index in [1.165, 1.54) is 5.01 Å². The van der Waals surface area contributed by atoms with Gasteiger partial charge in [0.05, 0.1) is 11.1 Å². The first-order chi connectivity index (χ1) is 11.6. The van der Waals surface area contributed by atoms with Crippen LogP contribution >= 0.6 is 0 Å². The van der Waals surface area contributed by atoms with Gasteiger partial charge in [0.1, 0.15) is 5.60 Å². The maximum Gasteiger partial charge on any atom is 0.408 e. The van der Waals surface area contributed by atoms with Crippen LogP contribution in [0.5, 0.6) is 0 Å². The molecular formula is C19H27N3O3. The van der Waals surface area contributed by atoms with Gasteiger partial charge in [-0.2, -0.15) is 0 Å². The zero-order valence-corrected chi connectivity index (χ0v) is 15.2. The topological polar surface area (TPSA) is 84.7 Å². The van der Waals surface area contributed by atoms with Gasteiger partial charge in [-0.3, -0.25) is 4.79 Å². The van der Waals surface area contributed by atoms with Crippen LogP contribution in [0, 0.1) is 5.41 Å². The molecule has 0 atom stereocenters. The highest BCUT2D eigenvalue weighted by Crippen LogP contribution is 2.59. The van der Waals surface area contributed by atoms with Gasteiger partial charge in [0.2, 0.25) is 5.91 Å². The Hall–Kier alpha value is -2.08. The molecule has 0 radical (unpaired) electrons. The van der Waals surface area contributed by atoms with E-state index in [1.807, 2.05) is 51.1 Å². The summed E-state index contributed by atoms with van der Waals surface area (Å²) < 4.78 is 5.37. The number of alkyl carbamates (subject to hydrolysis) is 1. The van der Waals surface area contributed by atoms with Crippen molar-refractivity contribution in [1.29, 1.82) is 0 Å². The molecule has 2 amide bonds. The molecule has 0 unspecified atom stereocenters. The molecular weight excluding hydrogens is 318 g/mol. The standard InChI is InChI=1S/C19H27N3O3/c1-17(2,3)25-16(24)21-19-11-7-10-18(12-19,13-19)15(23)22(20)14-8-5-4-6-9-14/h4-6,8-9H,7,10-13,20H2,1-3H3,(H,21,24). The third kappa shape index (κ3) is 3.49. The minimum absolute atomic E-state index is 0.0694. The van der Waals surface area contributed by atoms with Crippen molar-refractivity contribution in [3.8, 4) is 0 Å². The minimum Gasteiger partial charge on any atom is -0.444 e. The molecule has 3 aliphatic carbocycles. The normalized spacial score (nSPS) is 27.8. The van der Waals surface area contributed by atoms with Crippen LogP contribution in [0.3, 0.4) is 0 Å². The molecule has 3 N–H and O–H groups in total.